The number of benzene rings is 2. The number of fused-ring (bicyclic) bond motifs is 1. The minimum atomic E-state index is -0.806. The molecule has 4 heteroatoms. The summed E-state index contributed by atoms with van der Waals surface area (Å²) in [6.45, 7) is 7.06. The first-order chi connectivity index (χ1) is 11.5. The van der Waals surface area contributed by atoms with E-state index >= 15 is 0 Å². The average Bonchev–Trinajstić information content (AvgIpc) is 2.52. The molecule has 0 saturated heterocycles. The van der Waals surface area contributed by atoms with E-state index in [1.807, 2.05) is 51.1 Å². The summed E-state index contributed by atoms with van der Waals surface area (Å²) in [7, 11) is 0. The van der Waals surface area contributed by atoms with Gasteiger partial charge >= 0.3 is 5.97 Å². The third kappa shape index (κ3) is 3.23. The molecule has 4 nitrogen and oxygen atoms in total. The van der Waals surface area contributed by atoms with Crippen molar-refractivity contribution in [2.45, 2.75) is 33.1 Å². The minimum Gasteiger partial charge on any atom is -0.486 e. The molecule has 24 heavy (non-hydrogen) atoms. The molecule has 1 aliphatic heterocycles. The van der Waals surface area contributed by atoms with E-state index in [0.717, 1.165) is 33.6 Å². The summed E-state index contributed by atoms with van der Waals surface area (Å²) in [5.74, 6) is 0.0351. The Labute approximate surface area is 142 Å². The predicted octanol–water partition coefficient (Wildman–Crippen LogP) is 3.79. The highest BCUT2D eigenvalue weighted by Gasteiger charge is 2.25. The number of carboxylic acid groups (broad SMARTS) is 1. The number of ether oxygens (including phenoxy) is 2. The molecule has 1 aliphatic rings. The molecule has 0 saturated carbocycles. The van der Waals surface area contributed by atoms with E-state index in [1.54, 1.807) is 0 Å². The SMILES string of the molecule is Cc1cc(C)c(C(Cc2ccc3c(c2)OCCO3)C(=O)O)c(C)c1. The molecule has 3 rings (SSSR count). The van der Waals surface area contributed by atoms with Gasteiger partial charge < -0.3 is 14.6 Å². The van der Waals surface area contributed by atoms with Gasteiger partial charge in [-0.15, -0.1) is 0 Å². The van der Waals surface area contributed by atoms with E-state index in [2.05, 4.69) is 0 Å². The summed E-state index contributed by atoms with van der Waals surface area (Å²) < 4.78 is 11.1. The maximum Gasteiger partial charge on any atom is 0.311 e. The van der Waals surface area contributed by atoms with E-state index in [9.17, 15) is 9.90 Å². The van der Waals surface area contributed by atoms with Gasteiger partial charge in [-0.1, -0.05) is 23.8 Å². The number of hydrogen-bond donors (Lipinski definition) is 1. The second-order valence-electron chi connectivity index (χ2n) is 6.39. The highest BCUT2D eigenvalue weighted by molar-refractivity contribution is 5.78. The molecule has 0 bridgehead atoms. The fourth-order valence-electron chi connectivity index (χ4n) is 3.50. The van der Waals surface area contributed by atoms with E-state index < -0.39 is 11.9 Å². The molecule has 2 aromatic rings. The third-order valence-corrected chi connectivity index (χ3v) is 4.43. The zero-order chi connectivity index (χ0) is 17.3. The summed E-state index contributed by atoms with van der Waals surface area (Å²) >= 11 is 0. The first-order valence-electron chi connectivity index (χ1n) is 8.15. The second-order valence-corrected chi connectivity index (χ2v) is 6.39. The Hall–Kier alpha value is -2.49. The van der Waals surface area contributed by atoms with Gasteiger partial charge in [-0.25, -0.2) is 0 Å². The molecule has 1 unspecified atom stereocenters. The second kappa shape index (κ2) is 6.56. The van der Waals surface area contributed by atoms with Gasteiger partial charge in [0.15, 0.2) is 11.5 Å². The van der Waals surface area contributed by atoms with Gasteiger partial charge in [0, 0.05) is 0 Å². The Morgan fingerprint density at radius 2 is 1.67 bits per heavy atom. The molecule has 1 atom stereocenters. The van der Waals surface area contributed by atoms with Crippen LogP contribution in [0.4, 0.5) is 0 Å². The smallest absolute Gasteiger partial charge is 0.311 e. The van der Waals surface area contributed by atoms with Gasteiger partial charge in [0.25, 0.3) is 0 Å². The number of carbonyl (C=O) groups is 1. The molecule has 0 amide bonds. The van der Waals surface area contributed by atoms with E-state index in [-0.39, 0.29) is 0 Å². The van der Waals surface area contributed by atoms with Crippen LogP contribution >= 0.6 is 0 Å². The van der Waals surface area contributed by atoms with Crippen LogP contribution < -0.4 is 9.47 Å². The van der Waals surface area contributed by atoms with E-state index in [1.165, 1.54) is 0 Å². The van der Waals surface area contributed by atoms with Crippen LogP contribution in [0.3, 0.4) is 0 Å². The van der Waals surface area contributed by atoms with Crippen molar-refractivity contribution in [3.63, 3.8) is 0 Å². The number of aliphatic carboxylic acids is 1. The number of hydrogen-bond acceptors (Lipinski definition) is 3. The zero-order valence-electron chi connectivity index (χ0n) is 14.3. The van der Waals surface area contributed by atoms with Gasteiger partial charge in [-0.05, 0) is 61.6 Å². The molecule has 1 N–H and O–H groups in total. The van der Waals surface area contributed by atoms with E-state index in [0.29, 0.717) is 25.4 Å². The molecule has 0 aromatic heterocycles. The highest BCUT2D eigenvalue weighted by atomic mass is 16.6. The van der Waals surface area contributed by atoms with Crippen LogP contribution in [0.25, 0.3) is 0 Å². The molecular formula is C20H22O4. The van der Waals surface area contributed by atoms with Crippen LogP contribution in [-0.4, -0.2) is 24.3 Å². The van der Waals surface area contributed by atoms with Crippen LogP contribution in [0.15, 0.2) is 30.3 Å². The Morgan fingerprint density at radius 3 is 2.29 bits per heavy atom. The van der Waals surface area contributed by atoms with Gasteiger partial charge in [-0.2, -0.15) is 0 Å². The van der Waals surface area contributed by atoms with Crippen molar-refractivity contribution in [2.75, 3.05) is 13.2 Å². The Balaban J connectivity index is 1.94. The lowest BCUT2D eigenvalue weighted by atomic mass is 9.85. The van der Waals surface area contributed by atoms with Crippen LogP contribution in [0.5, 0.6) is 11.5 Å². The molecule has 126 valence electrons. The molecule has 0 aliphatic carbocycles. The fraction of sp³-hybridized carbons (Fsp3) is 0.350. The Kier molecular flexibility index (Phi) is 4.47. The van der Waals surface area contributed by atoms with Gasteiger partial charge in [0.1, 0.15) is 13.2 Å². The average molecular weight is 326 g/mol. The maximum absolute atomic E-state index is 11.9. The number of carboxylic acids is 1. The van der Waals surface area contributed by atoms with E-state index in [4.69, 9.17) is 9.47 Å². The summed E-state index contributed by atoms with van der Waals surface area (Å²) in [4.78, 5) is 11.9. The van der Waals surface area contributed by atoms with Crippen LogP contribution in [0, 0.1) is 20.8 Å². The summed E-state index contributed by atoms with van der Waals surface area (Å²) in [5, 5.41) is 9.79. The summed E-state index contributed by atoms with van der Waals surface area (Å²) in [6, 6.07) is 9.76. The quantitative estimate of drug-likeness (QED) is 0.928. The highest BCUT2D eigenvalue weighted by Crippen LogP contribution is 2.34. The lowest BCUT2D eigenvalue weighted by Crippen LogP contribution is -2.18. The van der Waals surface area contributed by atoms with Crippen molar-refractivity contribution in [1.82, 2.24) is 0 Å². The van der Waals surface area contributed by atoms with Crippen molar-refractivity contribution in [3.8, 4) is 11.5 Å². The lowest BCUT2D eigenvalue weighted by Gasteiger charge is -2.21. The number of rotatable bonds is 4. The van der Waals surface area contributed by atoms with Gasteiger partial charge in [-0.3, -0.25) is 4.79 Å². The lowest BCUT2D eigenvalue weighted by molar-refractivity contribution is -0.138. The van der Waals surface area contributed by atoms with Crippen LogP contribution in [0.2, 0.25) is 0 Å². The molecule has 2 aromatic carbocycles. The summed E-state index contributed by atoms with van der Waals surface area (Å²) in [5.41, 5.74) is 5.04. The molecule has 0 spiro atoms. The Morgan fingerprint density at radius 1 is 1.04 bits per heavy atom. The van der Waals surface area contributed by atoms with Gasteiger partial charge in [0.05, 0.1) is 5.92 Å². The van der Waals surface area contributed by atoms with Gasteiger partial charge in [0.2, 0.25) is 0 Å². The first kappa shape index (κ1) is 16.4. The van der Waals surface area contributed by atoms with Crippen molar-refractivity contribution in [3.05, 3.63) is 58.1 Å². The molecule has 1 heterocycles. The zero-order valence-corrected chi connectivity index (χ0v) is 14.3. The monoisotopic (exact) mass is 326 g/mol. The summed E-state index contributed by atoms with van der Waals surface area (Å²) in [6.07, 6.45) is 0.427. The van der Waals surface area contributed by atoms with Crippen molar-refractivity contribution >= 4 is 5.97 Å². The Bertz CT molecular complexity index is 756. The third-order valence-electron chi connectivity index (χ3n) is 4.43. The molecule has 0 radical (unpaired) electrons. The first-order valence-corrected chi connectivity index (χ1v) is 8.15. The standard InChI is InChI=1S/C20H22O4/c1-12-8-13(2)19(14(3)9-12)16(20(21)22)10-15-4-5-17-18(11-15)24-7-6-23-17/h4-5,8-9,11,16H,6-7,10H2,1-3H3,(H,21,22). The number of aryl methyl sites for hydroxylation is 3. The normalized spacial score (nSPS) is 14.3. The van der Waals surface area contributed by atoms with Crippen LogP contribution in [-0.2, 0) is 11.2 Å². The van der Waals surface area contributed by atoms with Crippen LogP contribution in [0.1, 0.15) is 33.7 Å². The maximum atomic E-state index is 11.9. The largest absolute Gasteiger partial charge is 0.486 e. The van der Waals surface area contributed by atoms with Crippen molar-refractivity contribution in [1.29, 1.82) is 0 Å². The predicted molar refractivity (Wildman–Crippen MR) is 92.2 cm³/mol. The minimum absolute atomic E-state index is 0.427. The van der Waals surface area contributed by atoms with Crippen molar-refractivity contribution < 1.29 is 19.4 Å². The fourth-order valence-corrected chi connectivity index (χ4v) is 3.50. The topological polar surface area (TPSA) is 55.8 Å². The molecular weight excluding hydrogens is 304 g/mol. The molecule has 0 fully saturated rings. The van der Waals surface area contributed by atoms with Crippen molar-refractivity contribution in [2.24, 2.45) is 0 Å².